The predicted molar refractivity (Wildman–Crippen MR) is 95.9 cm³/mol. The number of hydrogen-bond donors (Lipinski definition) is 0. The van der Waals surface area contributed by atoms with E-state index in [1.807, 2.05) is 0 Å². The maximum atomic E-state index is 6.27. The van der Waals surface area contributed by atoms with E-state index in [0.29, 0.717) is 0 Å². The van der Waals surface area contributed by atoms with E-state index >= 15 is 0 Å². The van der Waals surface area contributed by atoms with Crippen molar-refractivity contribution < 1.29 is 4.74 Å². The molecule has 1 aliphatic heterocycles. The number of allylic oxidation sites excluding steroid dienone is 2. The van der Waals surface area contributed by atoms with E-state index in [-0.39, 0.29) is 17.4 Å². The van der Waals surface area contributed by atoms with Gasteiger partial charge < -0.3 is 4.74 Å². The number of ether oxygens (including phenoxy) is 1. The minimum atomic E-state index is 0.104. The molecule has 2 atom stereocenters. The standard InChI is InChI=1S/C22H22O/c1-22(2,3)17-12-8-14-19-21(17)20-16(11-7-13-18(20)23-19)15-9-5-4-6-10-15/h4-14,18,20H,1-3H3. The third-order valence-corrected chi connectivity index (χ3v) is 4.80. The Hall–Kier alpha value is -2.28. The van der Waals surface area contributed by atoms with Gasteiger partial charge in [0.2, 0.25) is 0 Å². The molecule has 0 N–H and O–H groups in total. The molecule has 2 unspecified atom stereocenters. The van der Waals surface area contributed by atoms with Crippen LogP contribution in [0.3, 0.4) is 0 Å². The van der Waals surface area contributed by atoms with Crippen molar-refractivity contribution in [2.75, 3.05) is 0 Å². The van der Waals surface area contributed by atoms with Gasteiger partial charge in [0.15, 0.2) is 0 Å². The van der Waals surface area contributed by atoms with E-state index in [2.05, 4.69) is 87.5 Å². The topological polar surface area (TPSA) is 9.23 Å². The molecule has 1 nitrogen and oxygen atoms in total. The van der Waals surface area contributed by atoms with E-state index < -0.39 is 0 Å². The smallest absolute Gasteiger partial charge is 0.128 e. The largest absolute Gasteiger partial charge is 0.485 e. The molecular formula is C22H22O. The summed E-state index contributed by atoms with van der Waals surface area (Å²) in [5.41, 5.74) is 5.50. The predicted octanol–water partition coefficient (Wildman–Crippen LogP) is 5.48. The molecular weight excluding hydrogens is 280 g/mol. The van der Waals surface area contributed by atoms with Gasteiger partial charge in [-0.25, -0.2) is 0 Å². The highest BCUT2D eigenvalue weighted by Crippen LogP contribution is 2.51. The first kappa shape index (κ1) is 14.3. The third-order valence-electron chi connectivity index (χ3n) is 4.80. The van der Waals surface area contributed by atoms with E-state index in [1.54, 1.807) is 0 Å². The molecule has 116 valence electrons. The summed E-state index contributed by atoms with van der Waals surface area (Å²) in [5, 5.41) is 0. The molecule has 1 heteroatoms. The van der Waals surface area contributed by atoms with Crippen molar-refractivity contribution in [2.45, 2.75) is 38.2 Å². The highest BCUT2D eigenvalue weighted by molar-refractivity contribution is 5.78. The van der Waals surface area contributed by atoms with Crippen LogP contribution in [0.1, 0.15) is 43.4 Å². The van der Waals surface area contributed by atoms with Crippen LogP contribution in [0.4, 0.5) is 0 Å². The Kier molecular flexibility index (Phi) is 3.19. The Bertz CT molecular complexity index is 790. The van der Waals surface area contributed by atoms with Gasteiger partial charge in [-0.05, 0) is 34.3 Å². The summed E-state index contributed by atoms with van der Waals surface area (Å²) < 4.78 is 6.27. The van der Waals surface area contributed by atoms with Gasteiger partial charge in [-0.15, -0.1) is 0 Å². The lowest BCUT2D eigenvalue weighted by Gasteiger charge is -2.28. The van der Waals surface area contributed by atoms with Gasteiger partial charge in [0, 0.05) is 5.56 Å². The average molecular weight is 302 g/mol. The molecule has 23 heavy (non-hydrogen) atoms. The Morgan fingerprint density at radius 3 is 2.43 bits per heavy atom. The van der Waals surface area contributed by atoms with Crippen molar-refractivity contribution in [3.63, 3.8) is 0 Å². The molecule has 2 aromatic carbocycles. The van der Waals surface area contributed by atoms with Crippen LogP contribution in [0.5, 0.6) is 5.75 Å². The zero-order valence-corrected chi connectivity index (χ0v) is 13.9. The fraction of sp³-hybridized carbons (Fsp3) is 0.273. The van der Waals surface area contributed by atoms with Crippen molar-refractivity contribution in [3.8, 4) is 5.75 Å². The number of hydrogen-bond acceptors (Lipinski definition) is 1. The molecule has 0 spiro atoms. The van der Waals surface area contributed by atoms with Gasteiger partial charge in [-0.1, -0.05) is 75.4 Å². The van der Waals surface area contributed by atoms with Crippen LogP contribution < -0.4 is 4.74 Å². The van der Waals surface area contributed by atoms with Gasteiger partial charge in [0.1, 0.15) is 11.9 Å². The zero-order valence-electron chi connectivity index (χ0n) is 13.9. The first-order valence-electron chi connectivity index (χ1n) is 8.29. The first-order valence-corrected chi connectivity index (χ1v) is 8.29. The van der Waals surface area contributed by atoms with Gasteiger partial charge in [-0.3, -0.25) is 0 Å². The lowest BCUT2D eigenvalue weighted by molar-refractivity contribution is 0.271. The van der Waals surface area contributed by atoms with Crippen molar-refractivity contribution in [1.29, 1.82) is 0 Å². The van der Waals surface area contributed by atoms with Crippen molar-refractivity contribution in [3.05, 3.63) is 83.4 Å². The normalized spacial score (nSPS) is 22.1. The lowest BCUT2D eigenvalue weighted by Crippen LogP contribution is -2.22. The molecule has 0 radical (unpaired) electrons. The Morgan fingerprint density at radius 2 is 1.70 bits per heavy atom. The maximum absolute atomic E-state index is 6.27. The van der Waals surface area contributed by atoms with Crippen LogP contribution in [-0.4, -0.2) is 6.10 Å². The molecule has 2 aromatic rings. The van der Waals surface area contributed by atoms with E-state index in [9.17, 15) is 0 Å². The molecule has 0 saturated carbocycles. The van der Waals surface area contributed by atoms with Gasteiger partial charge >= 0.3 is 0 Å². The quantitative estimate of drug-likeness (QED) is 0.677. The van der Waals surface area contributed by atoms with Gasteiger partial charge in [0.25, 0.3) is 0 Å². The molecule has 0 fully saturated rings. The molecule has 0 amide bonds. The van der Waals surface area contributed by atoms with Crippen LogP contribution in [0.2, 0.25) is 0 Å². The number of rotatable bonds is 1. The average Bonchev–Trinajstić information content (AvgIpc) is 2.93. The van der Waals surface area contributed by atoms with E-state index in [0.717, 1.165) is 5.75 Å². The second-order valence-corrected chi connectivity index (χ2v) is 7.40. The van der Waals surface area contributed by atoms with Crippen molar-refractivity contribution in [2.24, 2.45) is 0 Å². The zero-order chi connectivity index (χ0) is 16.0. The molecule has 2 aliphatic rings. The van der Waals surface area contributed by atoms with Crippen LogP contribution in [-0.2, 0) is 5.41 Å². The van der Waals surface area contributed by atoms with Crippen LogP contribution in [0, 0.1) is 0 Å². The first-order chi connectivity index (χ1) is 11.1. The Labute approximate surface area is 138 Å². The summed E-state index contributed by atoms with van der Waals surface area (Å²) in [6.07, 6.45) is 6.66. The lowest BCUT2D eigenvalue weighted by atomic mass is 9.74. The fourth-order valence-electron chi connectivity index (χ4n) is 3.76. The van der Waals surface area contributed by atoms with E-state index in [4.69, 9.17) is 4.74 Å². The number of benzene rings is 2. The summed E-state index contributed by atoms with van der Waals surface area (Å²) in [7, 11) is 0. The summed E-state index contributed by atoms with van der Waals surface area (Å²) in [6.45, 7) is 6.83. The summed E-state index contributed by atoms with van der Waals surface area (Å²) in [4.78, 5) is 0. The highest BCUT2D eigenvalue weighted by Gasteiger charge is 2.40. The minimum Gasteiger partial charge on any atom is -0.485 e. The monoisotopic (exact) mass is 302 g/mol. The SMILES string of the molecule is CC(C)(C)c1cccc2c1C1C(c3ccccc3)=CC=CC1O2. The molecule has 1 heterocycles. The molecule has 0 saturated heterocycles. The number of fused-ring (bicyclic) bond motifs is 3. The van der Waals surface area contributed by atoms with Crippen LogP contribution in [0.25, 0.3) is 5.57 Å². The molecule has 4 rings (SSSR count). The highest BCUT2D eigenvalue weighted by atomic mass is 16.5. The second-order valence-electron chi connectivity index (χ2n) is 7.40. The van der Waals surface area contributed by atoms with Crippen molar-refractivity contribution >= 4 is 5.57 Å². The summed E-state index contributed by atoms with van der Waals surface area (Å²) >= 11 is 0. The minimum absolute atomic E-state index is 0.104. The van der Waals surface area contributed by atoms with Crippen LogP contribution >= 0.6 is 0 Å². The second kappa shape index (κ2) is 5.13. The fourth-order valence-corrected chi connectivity index (χ4v) is 3.76. The summed E-state index contributed by atoms with van der Waals surface area (Å²) in [6, 6.07) is 17.2. The summed E-state index contributed by atoms with van der Waals surface area (Å²) in [5.74, 6) is 1.33. The molecule has 0 bridgehead atoms. The van der Waals surface area contributed by atoms with Crippen molar-refractivity contribution in [1.82, 2.24) is 0 Å². The third kappa shape index (κ3) is 2.31. The maximum Gasteiger partial charge on any atom is 0.128 e. The molecule has 1 aliphatic carbocycles. The Morgan fingerprint density at radius 1 is 0.913 bits per heavy atom. The van der Waals surface area contributed by atoms with Crippen LogP contribution in [0.15, 0.2) is 66.8 Å². The van der Waals surface area contributed by atoms with E-state index in [1.165, 1.54) is 22.3 Å². The Balaban J connectivity index is 1.90. The molecule has 0 aromatic heterocycles. The van der Waals surface area contributed by atoms with Gasteiger partial charge in [0.05, 0.1) is 5.92 Å². The van der Waals surface area contributed by atoms with Gasteiger partial charge in [-0.2, -0.15) is 0 Å².